The first-order valence-electron chi connectivity index (χ1n) is 8.01. The zero-order chi connectivity index (χ0) is 17.1. The predicted octanol–water partition coefficient (Wildman–Crippen LogP) is 1.52. The molecular formula is C17H18BrN3O3. The molecule has 3 heterocycles. The Morgan fingerprint density at radius 1 is 1.50 bits per heavy atom. The fraction of sp³-hybridized carbons (Fsp3) is 0.529. The number of carbonyl (C=O) groups excluding carboxylic acids is 2. The fourth-order valence-corrected chi connectivity index (χ4v) is 5.09. The number of amides is 2. The molecule has 1 aliphatic carbocycles. The number of hydrogen-bond donors (Lipinski definition) is 1. The number of fused-ring (bicyclic) bond motifs is 5. The lowest BCUT2D eigenvalue weighted by Gasteiger charge is -2.36. The first-order valence-corrected chi connectivity index (χ1v) is 8.80. The van der Waals surface area contributed by atoms with Crippen LogP contribution in [0.25, 0.3) is 0 Å². The Morgan fingerprint density at radius 3 is 3.04 bits per heavy atom. The van der Waals surface area contributed by atoms with E-state index in [1.165, 1.54) is 0 Å². The molecule has 6 nitrogen and oxygen atoms in total. The van der Waals surface area contributed by atoms with Crippen molar-refractivity contribution in [2.24, 2.45) is 5.92 Å². The molecule has 0 spiro atoms. The molecule has 2 fully saturated rings. The second-order valence-corrected chi connectivity index (χ2v) is 7.41. The second-order valence-electron chi connectivity index (χ2n) is 6.59. The molecule has 0 bridgehead atoms. The van der Waals surface area contributed by atoms with Gasteiger partial charge in [0.25, 0.3) is 5.91 Å². The topological polar surface area (TPSA) is 63.6 Å². The number of ether oxygens (including phenoxy) is 1. The van der Waals surface area contributed by atoms with E-state index < -0.39 is 5.72 Å². The Hall–Kier alpha value is -1.78. The normalized spacial score (nSPS) is 33.7. The van der Waals surface area contributed by atoms with Crippen LogP contribution in [-0.4, -0.2) is 46.7 Å². The van der Waals surface area contributed by atoms with Gasteiger partial charge in [0.1, 0.15) is 11.4 Å². The highest BCUT2D eigenvalue weighted by Gasteiger charge is 2.64. The van der Waals surface area contributed by atoms with Crippen molar-refractivity contribution >= 4 is 27.7 Å². The van der Waals surface area contributed by atoms with Gasteiger partial charge in [-0.05, 0) is 28.1 Å². The Bertz CT molecular complexity index is 768. The largest absolute Gasteiger partial charge is 0.354 e. The number of aromatic nitrogens is 1. The lowest BCUT2D eigenvalue weighted by molar-refractivity contribution is -0.160. The summed E-state index contributed by atoms with van der Waals surface area (Å²) in [5.41, 5.74) is -0.0714. The molecule has 4 rings (SSSR count). The highest BCUT2D eigenvalue weighted by molar-refractivity contribution is 9.10. The smallest absolute Gasteiger partial charge is 0.268 e. The summed E-state index contributed by atoms with van der Waals surface area (Å²) in [5, 5.41) is 3.10. The summed E-state index contributed by atoms with van der Waals surface area (Å²) in [6.07, 6.45) is 6.85. The third kappa shape index (κ3) is 1.93. The van der Waals surface area contributed by atoms with Crippen LogP contribution in [-0.2, 0) is 9.53 Å². The molecule has 1 saturated heterocycles. The van der Waals surface area contributed by atoms with Crippen molar-refractivity contribution in [2.75, 3.05) is 13.7 Å². The lowest BCUT2D eigenvalue weighted by Crippen LogP contribution is -2.51. The van der Waals surface area contributed by atoms with Crippen molar-refractivity contribution < 1.29 is 14.3 Å². The van der Waals surface area contributed by atoms with Crippen LogP contribution in [0.15, 0.2) is 16.7 Å². The molecule has 1 aromatic rings. The van der Waals surface area contributed by atoms with Gasteiger partial charge in [0.2, 0.25) is 5.91 Å². The number of carbonyl (C=O) groups is 2. The van der Waals surface area contributed by atoms with E-state index in [-0.39, 0.29) is 29.8 Å². The van der Waals surface area contributed by atoms with Crippen LogP contribution in [0.1, 0.15) is 35.8 Å². The maximum absolute atomic E-state index is 12.4. The molecule has 2 aliphatic heterocycles. The van der Waals surface area contributed by atoms with E-state index in [1.54, 1.807) is 11.9 Å². The average Bonchev–Trinajstić information content (AvgIpc) is 3.15. The van der Waals surface area contributed by atoms with Gasteiger partial charge < -0.3 is 19.5 Å². The summed E-state index contributed by atoms with van der Waals surface area (Å²) < 4.78 is 9.07. The Balaban J connectivity index is 1.75. The Kier molecular flexibility index (Phi) is 3.52. The molecule has 24 heavy (non-hydrogen) atoms. The number of nitrogens with zero attached hydrogens (tertiary/aromatic N) is 2. The van der Waals surface area contributed by atoms with Crippen molar-refractivity contribution in [3.8, 4) is 12.3 Å². The van der Waals surface area contributed by atoms with Gasteiger partial charge in [0.15, 0.2) is 0 Å². The first-order chi connectivity index (χ1) is 11.5. The summed E-state index contributed by atoms with van der Waals surface area (Å²) in [4.78, 5) is 26.5. The second kappa shape index (κ2) is 5.36. The maximum Gasteiger partial charge on any atom is 0.268 e. The zero-order valence-corrected chi connectivity index (χ0v) is 14.9. The Morgan fingerprint density at radius 2 is 2.29 bits per heavy atom. The number of hydrogen-bond acceptors (Lipinski definition) is 3. The van der Waals surface area contributed by atoms with E-state index in [1.807, 2.05) is 16.7 Å². The highest BCUT2D eigenvalue weighted by atomic mass is 79.9. The highest BCUT2D eigenvalue weighted by Crippen LogP contribution is 2.54. The van der Waals surface area contributed by atoms with Crippen LogP contribution in [0.4, 0.5) is 0 Å². The average molecular weight is 392 g/mol. The minimum absolute atomic E-state index is 0.0470. The van der Waals surface area contributed by atoms with Gasteiger partial charge >= 0.3 is 0 Å². The van der Waals surface area contributed by atoms with Gasteiger partial charge in [-0.1, -0.05) is 0 Å². The van der Waals surface area contributed by atoms with E-state index in [9.17, 15) is 9.59 Å². The molecule has 126 valence electrons. The SMILES string of the molecule is C#CCCO[C@@]12C[C@@H]3[C@@H](NC(=O)c4ccc(Br)n43)[C@@H]1CC(=O)N2C. The molecule has 1 saturated carbocycles. The number of nitrogens with one attached hydrogen (secondary N) is 1. The van der Waals surface area contributed by atoms with Crippen molar-refractivity contribution in [3.05, 3.63) is 22.4 Å². The van der Waals surface area contributed by atoms with E-state index in [2.05, 4.69) is 27.2 Å². The van der Waals surface area contributed by atoms with Crippen LogP contribution in [0, 0.1) is 18.3 Å². The van der Waals surface area contributed by atoms with E-state index in [0.29, 0.717) is 31.6 Å². The lowest BCUT2D eigenvalue weighted by atomic mass is 9.95. The minimum atomic E-state index is -0.706. The van der Waals surface area contributed by atoms with Gasteiger partial charge in [0, 0.05) is 32.2 Å². The molecular weight excluding hydrogens is 374 g/mol. The summed E-state index contributed by atoms with van der Waals surface area (Å²) in [5.74, 6) is 2.43. The van der Waals surface area contributed by atoms with Crippen LogP contribution in [0.2, 0.25) is 0 Å². The number of likely N-dealkylation sites (tertiary alicyclic amines) is 1. The van der Waals surface area contributed by atoms with Gasteiger partial charge in [-0.15, -0.1) is 12.3 Å². The van der Waals surface area contributed by atoms with E-state index in [4.69, 9.17) is 11.2 Å². The molecule has 2 amide bonds. The minimum Gasteiger partial charge on any atom is -0.354 e. The molecule has 4 atom stereocenters. The quantitative estimate of drug-likeness (QED) is 0.627. The predicted molar refractivity (Wildman–Crippen MR) is 90.1 cm³/mol. The van der Waals surface area contributed by atoms with Crippen molar-refractivity contribution in [1.82, 2.24) is 14.8 Å². The van der Waals surface area contributed by atoms with Gasteiger partial charge in [0.05, 0.1) is 23.3 Å². The van der Waals surface area contributed by atoms with E-state index in [0.717, 1.165) is 4.60 Å². The van der Waals surface area contributed by atoms with Crippen molar-refractivity contribution in [3.63, 3.8) is 0 Å². The summed E-state index contributed by atoms with van der Waals surface area (Å²) in [6, 6.07) is 3.61. The summed E-state index contributed by atoms with van der Waals surface area (Å²) in [6.45, 7) is 0.401. The summed E-state index contributed by atoms with van der Waals surface area (Å²) in [7, 11) is 1.78. The van der Waals surface area contributed by atoms with Gasteiger partial charge in [-0.3, -0.25) is 9.59 Å². The first kappa shape index (κ1) is 15.7. The zero-order valence-electron chi connectivity index (χ0n) is 13.3. The van der Waals surface area contributed by atoms with Crippen molar-refractivity contribution in [2.45, 2.75) is 37.1 Å². The van der Waals surface area contributed by atoms with Crippen LogP contribution < -0.4 is 5.32 Å². The Labute approximate surface area is 148 Å². The van der Waals surface area contributed by atoms with Gasteiger partial charge in [-0.25, -0.2) is 0 Å². The third-order valence-electron chi connectivity index (χ3n) is 5.59. The number of rotatable bonds is 3. The van der Waals surface area contributed by atoms with Crippen LogP contribution in [0.3, 0.4) is 0 Å². The molecule has 1 N–H and O–H groups in total. The molecule has 0 aromatic carbocycles. The monoisotopic (exact) mass is 391 g/mol. The number of halogens is 1. The molecule has 3 aliphatic rings. The number of terminal acetylenes is 1. The van der Waals surface area contributed by atoms with Crippen LogP contribution in [0.5, 0.6) is 0 Å². The summed E-state index contributed by atoms with van der Waals surface area (Å²) >= 11 is 3.54. The molecule has 7 heteroatoms. The van der Waals surface area contributed by atoms with Crippen LogP contribution >= 0.6 is 15.9 Å². The molecule has 0 radical (unpaired) electrons. The standard InChI is InChI=1S/C17H18BrN3O3/c1-3-4-7-24-17-9-12-15(10(17)8-14(22)20(17)2)19-16(23)11-5-6-13(18)21(11)12/h1,5-6,10,12,15H,4,7-9H2,2H3,(H,19,23)/t10-,12+,15-,17-/m0/s1. The molecule has 0 unspecified atom stereocenters. The molecule has 1 aromatic heterocycles. The van der Waals surface area contributed by atoms with Gasteiger partial charge in [-0.2, -0.15) is 0 Å². The third-order valence-corrected chi connectivity index (χ3v) is 6.24. The maximum atomic E-state index is 12.4. The fourth-order valence-electron chi connectivity index (χ4n) is 4.50. The van der Waals surface area contributed by atoms with E-state index >= 15 is 0 Å². The van der Waals surface area contributed by atoms with Crippen molar-refractivity contribution in [1.29, 1.82) is 0 Å².